The van der Waals surface area contributed by atoms with Gasteiger partial charge in [0.2, 0.25) is 5.95 Å². The highest BCUT2D eigenvalue weighted by molar-refractivity contribution is 7.99. The van der Waals surface area contributed by atoms with Crippen LogP contribution in [0.4, 0.5) is 5.69 Å². The second-order valence-electron chi connectivity index (χ2n) is 7.93. The monoisotopic (exact) mass is 442 g/mol. The van der Waals surface area contributed by atoms with Crippen LogP contribution in [0.1, 0.15) is 28.5 Å². The Balaban J connectivity index is 1.44. The third-order valence-corrected chi connectivity index (χ3v) is 7.27. The molecule has 0 fully saturated rings. The first-order valence-electron chi connectivity index (χ1n) is 10.8. The highest BCUT2D eigenvalue weighted by atomic mass is 32.2. The number of para-hydroxylation sites is 1. The number of hydrogen-bond acceptors (Lipinski definition) is 5. The fraction of sp³-hybridized carbons (Fsp3) is 0.231. The molecule has 1 aliphatic rings. The van der Waals surface area contributed by atoms with Crippen molar-refractivity contribution in [2.24, 2.45) is 0 Å². The van der Waals surface area contributed by atoms with Crippen molar-refractivity contribution in [2.75, 3.05) is 18.6 Å². The summed E-state index contributed by atoms with van der Waals surface area (Å²) in [6.07, 6.45) is 6.66. The van der Waals surface area contributed by atoms with Crippen LogP contribution in [0.25, 0.3) is 5.95 Å². The average molecular weight is 443 g/mol. The Morgan fingerprint density at radius 1 is 1.03 bits per heavy atom. The van der Waals surface area contributed by atoms with Crippen molar-refractivity contribution in [1.29, 1.82) is 0 Å². The highest BCUT2D eigenvalue weighted by Crippen LogP contribution is 2.46. The minimum absolute atomic E-state index is 0.398. The summed E-state index contributed by atoms with van der Waals surface area (Å²) in [5.41, 5.74) is 4.99. The number of anilines is 1. The first kappa shape index (κ1) is 20.6. The standard InChI is InChI=1S/C26H26N4OS/c1-19-17-20(10-11-23(19)31-2)24-12-16-29(22-8-3-4-9-25(22)32-24)18-21-7-5-15-30(21)26-27-13-6-14-28-26/h3-11,13-15,17,24H,12,16,18H2,1-2H3. The number of fused-ring (bicyclic) bond motifs is 1. The van der Waals surface area contributed by atoms with Gasteiger partial charge in [-0.05, 0) is 60.9 Å². The first-order chi connectivity index (χ1) is 15.7. The van der Waals surface area contributed by atoms with Gasteiger partial charge in [0.15, 0.2) is 0 Å². The van der Waals surface area contributed by atoms with Gasteiger partial charge in [0.25, 0.3) is 0 Å². The van der Waals surface area contributed by atoms with Crippen LogP contribution in [-0.4, -0.2) is 28.2 Å². The van der Waals surface area contributed by atoms with E-state index in [1.165, 1.54) is 27.4 Å². The van der Waals surface area contributed by atoms with E-state index in [4.69, 9.17) is 4.74 Å². The summed E-state index contributed by atoms with van der Waals surface area (Å²) in [5, 5.41) is 0.398. The van der Waals surface area contributed by atoms with Crippen molar-refractivity contribution in [3.05, 3.63) is 96.1 Å². The van der Waals surface area contributed by atoms with Crippen molar-refractivity contribution >= 4 is 17.4 Å². The molecule has 5 rings (SSSR count). The smallest absolute Gasteiger partial charge is 0.233 e. The molecule has 2 aromatic heterocycles. The molecule has 0 saturated heterocycles. The molecule has 0 aliphatic carbocycles. The van der Waals surface area contributed by atoms with Crippen LogP contribution in [0.2, 0.25) is 0 Å². The van der Waals surface area contributed by atoms with Crippen molar-refractivity contribution in [3.8, 4) is 11.7 Å². The fourth-order valence-electron chi connectivity index (χ4n) is 4.28. The number of aromatic nitrogens is 3. The Bertz CT molecular complexity index is 1210. The summed E-state index contributed by atoms with van der Waals surface area (Å²) in [6, 6.07) is 21.4. The van der Waals surface area contributed by atoms with Crippen LogP contribution in [0.15, 0.2) is 84.1 Å². The number of rotatable bonds is 5. The molecule has 0 bridgehead atoms. The molecule has 32 heavy (non-hydrogen) atoms. The summed E-state index contributed by atoms with van der Waals surface area (Å²) in [5.74, 6) is 1.65. The molecule has 3 heterocycles. The SMILES string of the molecule is COc1ccc(C2CCN(Cc3cccn3-c3ncccn3)c3ccccc3S2)cc1C. The normalized spacial score (nSPS) is 15.8. The van der Waals surface area contributed by atoms with Gasteiger partial charge in [-0.25, -0.2) is 9.97 Å². The molecule has 0 radical (unpaired) electrons. The molecule has 4 aromatic rings. The van der Waals surface area contributed by atoms with Crippen LogP contribution in [0.5, 0.6) is 5.75 Å². The van der Waals surface area contributed by atoms with Gasteiger partial charge < -0.3 is 9.64 Å². The van der Waals surface area contributed by atoms with Gasteiger partial charge in [-0.2, -0.15) is 0 Å². The molecule has 162 valence electrons. The van der Waals surface area contributed by atoms with Crippen molar-refractivity contribution in [1.82, 2.24) is 14.5 Å². The van der Waals surface area contributed by atoms with Gasteiger partial charge in [-0.3, -0.25) is 4.57 Å². The zero-order chi connectivity index (χ0) is 21.9. The summed E-state index contributed by atoms with van der Waals surface area (Å²) < 4.78 is 7.54. The molecular weight excluding hydrogens is 416 g/mol. The molecule has 0 saturated carbocycles. The molecule has 1 aliphatic heterocycles. The number of thioether (sulfide) groups is 1. The second kappa shape index (κ2) is 9.09. The van der Waals surface area contributed by atoms with E-state index < -0.39 is 0 Å². The van der Waals surface area contributed by atoms with Gasteiger partial charge in [-0.15, -0.1) is 11.8 Å². The predicted molar refractivity (Wildman–Crippen MR) is 130 cm³/mol. The maximum absolute atomic E-state index is 5.46. The van der Waals surface area contributed by atoms with Gasteiger partial charge in [0.1, 0.15) is 5.75 Å². The zero-order valence-corrected chi connectivity index (χ0v) is 19.1. The maximum Gasteiger partial charge on any atom is 0.233 e. The van der Waals surface area contributed by atoms with Crippen molar-refractivity contribution in [2.45, 2.75) is 30.0 Å². The topological polar surface area (TPSA) is 43.2 Å². The molecule has 2 aromatic carbocycles. The maximum atomic E-state index is 5.46. The predicted octanol–water partition coefficient (Wildman–Crippen LogP) is 5.83. The summed E-state index contributed by atoms with van der Waals surface area (Å²) in [7, 11) is 1.73. The van der Waals surface area contributed by atoms with Crippen LogP contribution >= 0.6 is 11.8 Å². The summed E-state index contributed by atoms with van der Waals surface area (Å²) >= 11 is 1.96. The first-order valence-corrected chi connectivity index (χ1v) is 11.7. The molecule has 0 amide bonds. The van der Waals surface area contributed by atoms with Crippen LogP contribution in [0.3, 0.4) is 0 Å². The van der Waals surface area contributed by atoms with Crippen molar-refractivity contribution < 1.29 is 4.74 Å². The lowest BCUT2D eigenvalue weighted by atomic mass is 10.1. The molecule has 0 N–H and O–H groups in total. The Labute approximate surface area is 193 Å². The summed E-state index contributed by atoms with van der Waals surface area (Å²) in [6.45, 7) is 3.89. The number of methoxy groups -OCH3 is 1. The Morgan fingerprint density at radius 3 is 2.69 bits per heavy atom. The van der Waals surface area contributed by atoms with Gasteiger partial charge in [-0.1, -0.05) is 24.3 Å². The van der Waals surface area contributed by atoms with Crippen LogP contribution in [-0.2, 0) is 6.54 Å². The Hall–Kier alpha value is -3.25. The minimum Gasteiger partial charge on any atom is -0.496 e. The zero-order valence-electron chi connectivity index (χ0n) is 18.3. The average Bonchev–Trinajstić information content (AvgIpc) is 3.21. The lowest BCUT2D eigenvalue weighted by Gasteiger charge is -2.25. The fourth-order valence-corrected chi connectivity index (χ4v) is 5.56. The van der Waals surface area contributed by atoms with Crippen LogP contribution < -0.4 is 9.64 Å². The summed E-state index contributed by atoms with van der Waals surface area (Å²) in [4.78, 5) is 12.7. The largest absolute Gasteiger partial charge is 0.496 e. The Kier molecular flexibility index (Phi) is 5.86. The quantitative estimate of drug-likeness (QED) is 0.389. The van der Waals surface area contributed by atoms with E-state index in [-0.39, 0.29) is 0 Å². The van der Waals surface area contributed by atoms with Gasteiger partial charge in [0.05, 0.1) is 19.3 Å². The molecule has 5 nitrogen and oxygen atoms in total. The number of benzene rings is 2. The van der Waals surface area contributed by atoms with E-state index in [1.54, 1.807) is 19.5 Å². The van der Waals surface area contributed by atoms with Gasteiger partial charge >= 0.3 is 0 Å². The van der Waals surface area contributed by atoms with E-state index in [0.717, 1.165) is 25.3 Å². The van der Waals surface area contributed by atoms with Crippen molar-refractivity contribution in [3.63, 3.8) is 0 Å². The van der Waals surface area contributed by atoms with Crippen LogP contribution in [0, 0.1) is 6.92 Å². The Morgan fingerprint density at radius 2 is 1.88 bits per heavy atom. The third kappa shape index (κ3) is 4.10. The number of hydrogen-bond donors (Lipinski definition) is 0. The second-order valence-corrected chi connectivity index (χ2v) is 9.18. The highest BCUT2D eigenvalue weighted by Gasteiger charge is 2.24. The minimum atomic E-state index is 0.398. The molecule has 0 spiro atoms. The van der Waals surface area contributed by atoms with E-state index >= 15 is 0 Å². The molecule has 1 atom stereocenters. The van der Waals surface area contributed by atoms with E-state index in [0.29, 0.717) is 11.2 Å². The lowest BCUT2D eigenvalue weighted by molar-refractivity contribution is 0.411. The van der Waals surface area contributed by atoms with E-state index in [1.807, 2.05) is 24.0 Å². The molecular formula is C26H26N4OS. The number of nitrogens with zero attached hydrogens (tertiary/aromatic N) is 4. The number of aryl methyl sites for hydroxylation is 1. The molecule has 1 unspecified atom stereocenters. The molecule has 6 heteroatoms. The van der Waals surface area contributed by atoms with E-state index in [9.17, 15) is 0 Å². The lowest BCUT2D eigenvalue weighted by Crippen LogP contribution is -2.25. The van der Waals surface area contributed by atoms with Gasteiger partial charge in [0, 0.05) is 41.0 Å². The number of ether oxygens (including phenoxy) is 1. The van der Waals surface area contributed by atoms with E-state index in [2.05, 4.69) is 81.0 Å². The third-order valence-electron chi connectivity index (χ3n) is 5.88.